The number of benzene rings is 1. The van der Waals surface area contributed by atoms with Crippen molar-refractivity contribution in [3.8, 4) is 5.75 Å². The maximum atomic E-state index is 12.4. The molecule has 2 aliphatic rings. The molecular formula is C17H22BrNO2. The molecule has 1 aliphatic carbocycles. The Morgan fingerprint density at radius 1 is 1.33 bits per heavy atom. The summed E-state index contributed by atoms with van der Waals surface area (Å²) in [6.45, 7) is 9.92. The van der Waals surface area contributed by atoms with Crippen LogP contribution in [0.2, 0.25) is 0 Å². The monoisotopic (exact) mass is 351 g/mol. The van der Waals surface area contributed by atoms with Crippen molar-refractivity contribution in [3.05, 3.63) is 27.7 Å². The lowest BCUT2D eigenvalue weighted by Gasteiger charge is -2.11. The van der Waals surface area contributed by atoms with Gasteiger partial charge in [0.1, 0.15) is 5.75 Å². The minimum atomic E-state index is 0.0762. The molecule has 1 amide bonds. The standard InChI is InChI=1S/C17H22BrNO2/c1-16(2)14(17(16,3)4)15(20)19-9-11-8-12(18)7-10-5-6-21-13(10)11/h7-8,14H,5-6,9H2,1-4H3,(H,19,20). The molecule has 0 spiro atoms. The van der Waals surface area contributed by atoms with Crippen LogP contribution < -0.4 is 10.1 Å². The Bertz CT molecular complexity index is 593. The summed E-state index contributed by atoms with van der Waals surface area (Å²) < 4.78 is 6.75. The molecule has 1 aromatic carbocycles. The quantitative estimate of drug-likeness (QED) is 0.901. The van der Waals surface area contributed by atoms with Crippen LogP contribution >= 0.6 is 15.9 Å². The Hall–Kier alpha value is -1.03. The van der Waals surface area contributed by atoms with Gasteiger partial charge in [-0.2, -0.15) is 0 Å². The first kappa shape index (κ1) is 14.9. The van der Waals surface area contributed by atoms with Crippen molar-refractivity contribution in [1.29, 1.82) is 0 Å². The number of hydrogen-bond donors (Lipinski definition) is 1. The first-order chi connectivity index (χ1) is 9.75. The van der Waals surface area contributed by atoms with E-state index in [0.717, 1.165) is 28.8 Å². The Morgan fingerprint density at radius 3 is 2.62 bits per heavy atom. The molecule has 114 valence electrons. The maximum Gasteiger partial charge on any atom is 0.224 e. The fraction of sp³-hybridized carbons (Fsp3) is 0.588. The van der Waals surface area contributed by atoms with Gasteiger partial charge in [-0.3, -0.25) is 4.79 Å². The van der Waals surface area contributed by atoms with Crippen LogP contribution in [0.15, 0.2) is 16.6 Å². The minimum absolute atomic E-state index is 0.0762. The van der Waals surface area contributed by atoms with Crippen molar-refractivity contribution in [2.24, 2.45) is 16.7 Å². The van der Waals surface area contributed by atoms with Crippen LogP contribution in [-0.4, -0.2) is 12.5 Å². The van der Waals surface area contributed by atoms with Crippen LogP contribution in [0.4, 0.5) is 0 Å². The first-order valence-electron chi connectivity index (χ1n) is 7.47. The van der Waals surface area contributed by atoms with Crippen LogP contribution in [0.3, 0.4) is 0 Å². The van der Waals surface area contributed by atoms with Gasteiger partial charge in [-0.05, 0) is 28.5 Å². The van der Waals surface area contributed by atoms with Gasteiger partial charge in [0.15, 0.2) is 0 Å². The van der Waals surface area contributed by atoms with E-state index in [2.05, 4.69) is 55.0 Å². The van der Waals surface area contributed by atoms with E-state index in [0.29, 0.717) is 6.54 Å². The highest BCUT2D eigenvalue weighted by Crippen LogP contribution is 2.68. The summed E-state index contributed by atoms with van der Waals surface area (Å²) in [4.78, 5) is 12.4. The highest BCUT2D eigenvalue weighted by atomic mass is 79.9. The molecule has 1 aliphatic heterocycles. The number of fused-ring (bicyclic) bond motifs is 1. The average molecular weight is 352 g/mol. The molecule has 0 saturated heterocycles. The Kier molecular flexibility index (Phi) is 3.36. The van der Waals surface area contributed by atoms with Crippen molar-refractivity contribution >= 4 is 21.8 Å². The summed E-state index contributed by atoms with van der Waals surface area (Å²) in [6, 6.07) is 4.13. The molecule has 1 N–H and O–H groups in total. The third-order valence-corrected chi connectivity index (χ3v) is 6.02. The lowest BCUT2D eigenvalue weighted by molar-refractivity contribution is -0.123. The third kappa shape index (κ3) is 2.28. The maximum absolute atomic E-state index is 12.4. The molecule has 0 aromatic heterocycles. The predicted molar refractivity (Wildman–Crippen MR) is 86.2 cm³/mol. The van der Waals surface area contributed by atoms with Gasteiger partial charge in [0.25, 0.3) is 0 Å². The SMILES string of the molecule is CC1(C)C(C(=O)NCc2cc(Br)cc3c2OCC3)C1(C)C. The van der Waals surface area contributed by atoms with E-state index in [1.807, 2.05) is 6.07 Å². The van der Waals surface area contributed by atoms with Crippen molar-refractivity contribution in [2.45, 2.75) is 40.7 Å². The summed E-state index contributed by atoms with van der Waals surface area (Å²) in [5.74, 6) is 1.19. The number of carbonyl (C=O) groups is 1. The zero-order valence-electron chi connectivity index (χ0n) is 13.0. The van der Waals surface area contributed by atoms with Crippen molar-refractivity contribution in [3.63, 3.8) is 0 Å². The fourth-order valence-electron chi connectivity index (χ4n) is 3.61. The Balaban J connectivity index is 1.71. The zero-order valence-corrected chi connectivity index (χ0v) is 14.6. The summed E-state index contributed by atoms with van der Waals surface area (Å²) in [7, 11) is 0. The van der Waals surface area contributed by atoms with Gasteiger partial charge >= 0.3 is 0 Å². The van der Waals surface area contributed by atoms with Gasteiger partial charge < -0.3 is 10.1 Å². The van der Waals surface area contributed by atoms with Crippen LogP contribution in [-0.2, 0) is 17.8 Å². The smallest absolute Gasteiger partial charge is 0.224 e. The van der Waals surface area contributed by atoms with E-state index >= 15 is 0 Å². The molecule has 0 unspecified atom stereocenters. The van der Waals surface area contributed by atoms with Crippen LogP contribution in [0, 0.1) is 16.7 Å². The number of hydrogen-bond acceptors (Lipinski definition) is 2. The molecule has 21 heavy (non-hydrogen) atoms. The molecule has 0 bridgehead atoms. The number of amides is 1. The molecule has 3 rings (SSSR count). The molecule has 3 nitrogen and oxygen atoms in total. The van der Waals surface area contributed by atoms with Gasteiger partial charge in [-0.1, -0.05) is 43.6 Å². The van der Waals surface area contributed by atoms with Gasteiger partial charge in [-0.15, -0.1) is 0 Å². The third-order valence-electron chi connectivity index (χ3n) is 5.56. The summed E-state index contributed by atoms with van der Waals surface area (Å²) >= 11 is 3.53. The number of rotatable bonds is 3. The molecule has 1 saturated carbocycles. The number of carbonyl (C=O) groups excluding carboxylic acids is 1. The van der Waals surface area contributed by atoms with Gasteiger partial charge in [0.2, 0.25) is 5.91 Å². The second-order valence-electron chi connectivity index (χ2n) is 7.25. The summed E-state index contributed by atoms with van der Waals surface area (Å²) in [6.07, 6.45) is 0.943. The van der Waals surface area contributed by atoms with Crippen LogP contribution in [0.5, 0.6) is 5.75 Å². The zero-order chi connectivity index (χ0) is 15.4. The van der Waals surface area contributed by atoms with Gasteiger partial charge in [0.05, 0.1) is 6.61 Å². The van der Waals surface area contributed by atoms with Crippen LogP contribution in [0.25, 0.3) is 0 Å². The molecule has 4 heteroatoms. The largest absolute Gasteiger partial charge is 0.493 e. The second-order valence-corrected chi connectivity index (χ2v) is 8.16. The van der Waals surface area contributed by atoms with Crippen molar-refractivity contribution < 1.29 is 9.53 Å². The number of halogens is 1. The Labute approximate surface area is 134 Å². The lowest BCUT2D eigenvalue weighted by Crippen LogP contribution is -2.27. The normalized spacial score (nSPS) is 21.6. The molecule has 0 atom stereocenters. The van der Waals surface area contributed by atoms with E-state index in [1.165, 1.54) is 5.56 Å². The Morgan fingerprint density at radius 2 is 2.00 bits per heavy atom. The topological polar surface area (TPSA) is 38.3 Å². The highest BCUT2D eigenvalue weighted by molar-refractivity contribution is 9.10. The van der Waals surface area contributed by atoms with E-state index in [-0.39, 0.29) is 22.7 Å². The first-order valence-corrected chi connectivity index (χ1v) is 8.26. The predicted octanol–water partition coefficient (Wildman–Crippen LogP) is 3.68. The van der Waals surface area contributed by atoms with Gasteiger partial charge in [-0.25, -0.2) is 0 Å². The lowest BCUT2D eigenvalue weighted by atomic mass is 10.0. The molecule has 1 fully saturated rings. The summed E-state index contributed by atoms with van der Waals surface area (Å²) in [5, 5.41) is 3.09. The fourth-order valence-corrected chi connectivity index (χ4v) is 4.17. The molecule has 1 heterocycles. The number of ether oxygens (including phenoxy) is 1. The molecular weight excluding hydrogens is 330 g/mol. The van der Waals surface area contributed by atoms with Crippen molar-refractivity contribution in [1.82, 2.24) is 5.32 Å². The molecule has 1 aromatic rings. The van der Waals surface area contributed by atoms with Gasteiger partial charge in [0, 0.05) is 28.9 Å². The second kappa shape index (κ2) is 4.73. The van der Waals surface area contributed by atoms with E-state index in [4.69, 9.17) is 4.74 Å². The average Bonchev–Trinajstić information content (AvgIpc) is 2.73. The van der Waals surface area contributed by atoms with E-state index in [1.54, 1.807) is 0 Å². The molecule has 0 radical (unpaired) electrons. The van der Waals surface area contributed by atoms with E-state index < -0.39 is 0 Å². The van der Waals surface area contributed by atoms with E-state index in [9.17, 15) is 4.79 Å². The number of nitrogens with one attached hydrogen (secondary N) is 1. The highest BCUT2D eigenvalue weighted by Gasteiger charge is 2.68. The van der Waals surface area contributed by atoms with Crippen molar-refractivity contribution in [2.75, 3.05) is 6.61 Å². The van der Waals surface area contributed by atoms with Crippen LogP contribution in [0.1, 0.15) is 38.8 Å². The minimum Gasteiger partial charge on any atom is -0.493 e. The summed E-state index contributed by atoms with van der Waals surface area (Å²) in [5.41, 5.74) is 2.43.